The van der Waals surface area contributed by atoms with Gasteiger partial charge in [-0.3, -0.25) is 0 Å². The van der Waals surface area contributed by atoms with Crippen molar-refractivity contribution in [3.63, 3.8) is 0 Å². The van der Waals surface area contributed by atoms with Crippen LogP contribution in [0.3, 0.4) is 0 Å². The van der Waals surface area contributed by atoms with Gasteiger partial charge in [-0.05, 0) is 0 Å². The van der Waals surface area contributed by atoms with Crippen molar-refractivity contribution < 1.29 is 33.0 Å². The molecular weight excluding hydrogens is 301 g/mol. The molecule has 1 aromatic heterocycles. The molecule has 0 fully saturated rings. The lowest BCUT2D eigenvalue weighted by atomic mass is 10.2. The van der Waals surface area contributed by atoms with Gasteiger partial charge in [-0.15, -0.1) is 0 Å². The SMILES string of the molecule is CCc1oc(-c2ccccc2)c[n+]1C.[I-]. The number of halogens is 1. The topological polar surface area (TPSA) is 17.0 Å². The first kappa shape index (κ1) is 12.2. The first-order valence-corrected chi connectivity index (χ1v) is 4.85. The van der Waals surface area contributed by atoms with E-state index in [9.17, 15) is 0 Å². The van der Waals surface area contributed by atoms with E-state index in [1.165, 1.54) is 0 Å². The summed E-state index contributed by atoms with van der Waals surface area (Å²) in [6.07, 6.45) is 2.94. The van der Waals surface area contributed by atoms with Gasteiger partial charge in [0, 0.05) is 5.56 Å². The molecule has 0 amide bonds. The molecule has 0 saturated heterocycles. The van der Waals surface area contributed by atoms with E-state index in [0.717, 1.165) is 23.6 Å². The number of aryl methyl sites for hydroxylation is 2. The Hall–Kier alpha value is -0.840. The summed E-state index contributed by atoms with van der Waals surface area (Å²) >= 11 is 0. The molecule has 0 atom stereocenters. The molecule has 0 bridgehead atoms. The van der Waals surface area contributed by atoms with Crippen LogP contribution in [0, 0.1) is 0 Å². The van der Waals surface area contributed by atoms with Gasteiger partial charge in [-0.2, -0.15) is 4.57 Å². The lowest BCUT2D eigenvalue weighted by molar-refractivity contribution is -0.682. The zero-order chi connectivity index (χ0) is 9.97. The van der Waals surface area contributed by atoms with Gasteiger partial charge in [-0.25, -0.2) is 0 Å². The van der Waals surface area contributed by atoms with E-state index in [1.807, 2.05) is 36.0 Å². The molecular formula is C12H14INO. The summed E-state index contributed by atoms with van der Waals surface area (Å²) in [7, 11) is 2.01. The summed E-state index contributed by atoms with van der Waals surface area (Å²) < 4.78 is 7.74. The Morgan fingerprint density at radius 3 is 2.40 bits per heavy atom. The third-order valence-corrected chi connectivity index (χ3v) is 2.29. The maximum Gasteiger partial charge on any atom is 0.346 e. The van der Waals surface area contributed by atoms with Crippen molar-refractivity contribution in [2.45, 2.75) is 13.3 Å². The number of hydrogen-bond donors (Lipinski definition) is 0. The smallest absolute Gasteiger partial charge is 0.346 e. The molecule has 15 heavy (non-hydrogen) atoms. The Morgan fingerprint density at radius 2 is 1.87 bits per heavy atom. The lowest BCUT2D eigenvalue weighted by Crippen LogP contribution is -3.00. The van der Waals surface area contributed by atoms with Crippen molar-refractivity contribution >= 4 is 0 Å². The highest BCUT2D eigenvalue weighted by atomic mass is 127. The summed E-state index contributed by atoms with van der Waals surface area (Å²) in [6, 6.07) is 10.1. The van der Waals surface area contributed by atoms with Crippen LogP contribution >= 0.6 is 0 Å². The van der Waals surface area contributed by atoms with Crippen LogP contribution in [0.4, 0.5) is 0 Å². The van der Waals surface area contributed by atoms with Gasteiger partial charge in [0.1, 0.15) is 7.05 Å². The normalized spacial score (nSPS) is 9.73. The van der Waals surface area contributed by atoms with Crippen molar-refractivity contribution in [3.8, 4) is 11.3 Å². The molecule has 1 aromatic carbocycles. The van der Waals surface area contributed by atoms with E-state index in [0.29, 0.717) is 0 Å². The summed E-state index contributed by atoms with van der Waals surface area (Å²) in [4.78, 5) is 0. The highest BCUT2D eigenvalue weighted by molar-refractivity contribution is 5.54. The molecule has 0 aliphatic heterocycles. The van der Waals surface area contributed by atoms with Crippen LogP contribution in [0.15, 0.2) is 40.9 Å². The fourth-order valence-electron chi connectivity index (χ4n) is 1.53. The van der Waals surface area contributed by atoms with Crippen LogP contribution < -0.4 is 28.5 Å². The average Bonchev–Trinajstić information content (AvgIpc) is 2.61. The van der Waals surface area contributed by atoms with Crippen molar-refractivity contribution in [2.24, 2.45) is 7.05 Å². The molecule has 2 aromatic rings. The van der Waals surface area contributed by atoms with Crippen molar-refractivity contribution in [3.05, 3.63) is 42.4 Å². The average molecular weight is 315 g/mol. The minimum Gasteiger partial charge on any atom is -1.00 e. The largest absolute Gasteiger partial charge is 1.00 e. The van der Waals surface area contributed by atoms with Crippen LogP contribution in [-0.2, 0) is 13.5 Å². The molecule has 0 unspecified atom stereocenters. The summed E-state index contributed by atoms with van der Waals surface area (Å²) in [6.45, 7) is 2.09. The summed E-state index contributed by atoms with van der Waals surface area (Å²) in [5.41, 5.74) is 1.13. The minimum absolute atomic E-state index is 0. The molecule has 2 rings (SSSR count). The van der Waals surface area contributed by atoms with Crippen molar-refractivity contribution in [1.29, 1.82) is 0 Å². The van der Waals surface area contributed by atoms with Gasteiger partial charge < -0.3 is 28.4 Å². The van der Waals surface area contributed by atoms with E-state index >= 15 is 0 Å². The van der Waals surface area contributed by atoms with E-state index in [-0.39, 0.29) is 24.0 Å². The van der Waals surface area contributed by atoms with Crippen LogP contribution in [0.2, 0.25) is 0 Å². The molecule has 1 heterocycles. The quantitative estimate of drug-likeness (QED) is 0.531. The van der Waals surface area contributed by atoms with Gasteiger partial charge in [0.15, 0.2) is 0 Å². The van der Waals surface area contributed by atoms with Crippen LogP contribution in [0.5, 0.6) is 0 Å². The van der Waals surface area contributed by atoms with Gasteiger partial charge in [-0.1, -0.05) is 37.3 Å². The zero-order valence-electron chi connectivity index (χ0n) is 8.90. The Kier molecular flexibility index (Phi) is 4.32. The zero-order valence-corrected chi connectivity index (χ0v) is 11.1. The molecule has 0 N–H and O–H groups in total. The van der Waals surface area contributed by atoms with Gasteiger partial charge in [0.25, 0.3) is 0 Å². The first-order chi connectivity index (χ1) is 6.81. The highest BCUT2D eigenvalue weighted by Crippen LogP contribution is 2.18. The van der Waals surface area contributed by atoms with Gasteiger partial charge in [0.2, 0.25) is 12.0 Å². The number of oxazole rings is 1. The Morgan fingerprint density at radius 1 is 1.20 bits per heavy atom. The number of rotatable bonds is 2. The second-order valence-electron chi connectivity index (χ2n) is 3.32. The second-order valence-corrected chi connectivity index (χ2v) is 3.32. The third kappa shape index (κ3) is 2.59. The molecule has 0 aliphatic carbocycles. The molecule has 80 valence electrons. The molecule has 0 radical (unpaired) electrons. The van der Waals surface area contributed by atoms with E-state index < -0.39 is 0 Å². The number of hydrogen-bond acceptors (Lipinski definition) is 1. The monoisotopic (exact) mass is 315 g/mol. The minimum atomic E-state index is 0. The summed E-state index contributed by atoms with van der Waals surface area (Å²) in [5, 5.41) is 0. The number of nitrogens with zero attached hydrogens (tertiary/aromatic N) is 1. The van der Waals surface area contributed by atoms with E-state index in [2.05, 4.69) is 19.1 Å². The first-order valence-electron chi connectivity index (χ1n) is 4.85. The fourth-order valence-corrected chi connectivity index (χ4v) is 1.53. The van der Waals surface area contributed by atoms with Crippen LogP contribution in [-0.4, -0.2) is 0 Å². The predicted octanol–water partition coefficient (Wildman–Crippen LogP) is -0.663. The molecule has 2 nitrogen and oxygen atoms in total. The molecule has 0 saturated carbocycles. The Bertz CT molecular complexity index is 422. The number of benzene rings is 1. The van der Waals surface area contributed by atoms with E-state index in [1.54, 1.807) is 0 Å². The van der Waals surface area contributed by atoms with Crippen LogP contribution in [0.1, 0.15) is 12.8 Å². The van der Waals surface area contributed by atoms with E-state index in [4.69, 9.17) is 4.42 Å². The Balaban J connectivity index is 0.00000112. The maximum atomic E-state index is 5.71. The molecule has 0 aliphatic rings. The number of aromatic nitrogens is 1. The predicted molar refractivity (Wildman–Crippen MR) is 54.7 cm³/mol. The van der Waals surface area contributed by atoms with Gasteiger partial charge in [0.05, 0.1) is 6.42 Å². The molecule has 0 spiro atoms. The van der Waals surface area contributed by atoms with Crippen LogP contribution in [0.25, 0.3) is 11.3 Å². The van der Waals surface area contributed by atoms with Crippen molar-refractivity contribution in [1.82, 2.24) is 0 Å². The Labute approximate surface area is 107 Å². The van der Waals surface area contributed by atoms with Crippen molar-refractivity contribution in [2.75, 3.05) is 0 Å². The molecule has 3 heteroatoms. The van der Waals surface area contributed by atoms with Gasteiger partial charge >= 0.3 is 5.89 Å². The fraction of sp³-hybridized carbons (Fsp3) is 0.250. The highest BCUT2D eigenvalue weighted by Gasteiger charge is 2.14. The second kappa shape index (κ2) is 5.30. The standard InChI is InChI=1S/C12H14NO.HI/c1-3-12-13(2)9-11(14-12)10-7-5-4-6-8-10;/h4-9H,3H2,1-2H3;1H/q+1;/p-1. The third-order valence-electron chi connectivity index (χ3n) is 2.29. The maximum absolute atomic E-state index is 5.71. The summed E-state index contributed by atoms with van der Waals surface area (Å²) in [5.74, 6) is 1.94. The lowest BCUT2D eigenvalue weighted by Gasteiger charge is -1.90.